The van der Waals surface area contributed by atoms with E-state index in [2.05, 4.69) is 0 Å². The molecule has 112 valence electrons. The van der Waals surface area contributed by atoms with Gasteiger partial charge in [0.15, 0.2) is 0 Å². The Labute approximate surface area is 123 Å². The smallest absolute Gasteiger partial charge is 0.249 e. The summed E-state index contributed by atoms with van der Waals surface area (Å²) in [7, 11) is 0. The molecule has 1 fully saturated rings. The summed E-state index contributed by atoms with van der Waals surface area (Å²) in [5, 5.41) is 0. The topological polar surface area (TPSA) is 40.6 Å². The van der Waals surface area contributed by atoms with Gasteiger partial charge in [-0.2, -0.15) is 0 Å². The molecule has 1 aliphatic rings. The number of carbonyl (C=O) groups is 2. The molecule has 0 saturated carbocycles. The van der Waals surface area contributed by atoms with Crippen molar-refractivity contribution in [2.24, 2.45) is 0 Å². The Morgan fingerprint density at radius 2 is 1.62 bits per heavy atom. The Balaban J connectivity index is 2.04. The normalized spacial score (nSPS) is 16.0. The van der Waals surface area contributed by atoms with Crippen molar-refractivity contribution >= 4 is 17.9 Å². The van der Waals surface area contributed by atoms with Crippen molar-refractivity contribution in [2.45, 2.75) is 13.8 Å². The number of halogens is 1. The van der Waals surface area contributed by atoms with E-state index in [1.54, 1.807) is 41.0 Å². The van der Waals surface area contributed by atoms with E-state index < -0.39 is 0 Å². The van der Waals surface area contributed by atoms with Gasteiger partial charge >= 0.3 is 0 Å². The van der Waals surface area contributed by atoms with E-state index in [0.29, 0.717) is 37.3 Å². The monoisotopic (exact) mass is 290 g/mol. The second-order valence-electron chi connectivity index (χ2n) is 5.15. The van der Waals surface area contributed by atoms with Gasteiger partial charge in [0, 0.05) is 44.2 Å². The lowest BCUT2D eigenvalue weighted by molar-refractivity contribution is -0.136. The number of carbonyl (C=O) groups excluding carboxylic acids is 2. The third-order valence-electron chi connectivity index (χ3n) is 3.63. The summed E-state index contributed by atoms with van der Waals surface area (Å²) in [5.41, 5.74) is 0.905. The molecule has 0 spiro atoms. The molecule has 5 heteroatoms. The Kier molecular flexibility index (Phi) is 4.73. The minimum atomic E-state index is -0.342. The number of rotatable bonds is 2. The summed E-state index contributed by atoms with van der Waals surface area (Å²) in [6.45, 7) is 5.34. The highest BCUT2D eigenvalue weighted by molar-refractivity contribution is 5.97. The fourth-order valence-corrected chi connectivity index (χ4v) is 2.36. The van der Waals surface area contributed by atoms with E-state index in [0.717, 1.165) is 0 Å². The van der Waals surface area contributed by atoms with Gasteiger partial charge in [-0.3, -0.25) is 9.59 Å². The van der Waals surface area contributed by atoms with Crippen LogP contribution in [0.2, 0.25) is 0 Å². The molecular formula is C16H19FN2O2. The van der Waals surface area contributed by atoms with Gasteiger partial charge in [0.25, 0.3) is 0 Å². The van der Waals surface area contributed by atoms with Crippen LogP contribution in [0.4, 0.5) is 4.39 Å². The minimum absolute atomic E-state index is 0.0284. The molecule has 0 unspecified atom stereocenters. The lowest BCUT2D eigenvalue weighted by atomic mass is 10.1. The van der Waals surface area contributed by atoms with Crippen LogP contribution in [0.25, 0.3) is 6.08 Å². The molecule has 1 saturated heterocycles. The zero-order valence-corrected chi connectivity index (χ0v) is 12.3. The standard InChI is InChI=1S/C16H19FN2O2/c1-12(11-14-5-3-4-6-15(14)17)16(21)19-9-7-18(8-10-19)13(2)20/h3-6,11H,7-10H2,1-2H3/b12-11+. The second-order valence-corrected chi connectivity index (χ2v) is 5.15. The highest BCUT2D eigenvalue weighted by atomic mass is 19.1. The predicted octanol–water partition coefficient (Wildman–Crippen LogP) is 1.92. The molecule has 2 rings (SSSR count). The highest BCUT2D eigenvalue weighted by Gasteiger charge is 2.23. The van der Waals surface area contributed by atoms with Crippen LogP contribution < -0.4 is 0 Å². The first-order valence-electron chi connectivity index (χ1n) is 6.96. The quantitative estimate of drug-likeness (QED) is 0.781. The Morgan fingerprint density at radius 1 is 1.05 bits per heavy atom. The van der Waals surface area contributed by atoms with Crippen LogP contribution in [-0.4, -0.2) is 47.8 Å². The molecule has 0 bridgehead atoms. The lowest BCUT2D eigenvalue weighted by Gasteiger charge is -2.34. The summed E-state index contributed by atoms with van der Waals surface area (Å²) in [6.07, 6.45) is 1.56. The van der Waals surface area contributed by atoms with Crippen molar-refractivity contribution in [3.63, 3.8) is 0 Å². The summed E-state index contributed by atoms with van der Waals surface area (Å²) in [4.78, 5) is 27.0. The number of piperazine rings is 1. The number of benzene rings is 1. The largest absolute Gasteiger partial charge is 0.339 e. The SMILES string of the molecule is CC(=O)N1CCN(C(=O)/C(C)=C/c2ccccc2F)CC1. The molecule has 1 aromatic rings. The van der Waals surface area contributed by atoms with Crippen molar-refractivity contribution in [3.05, 3.63) is 41.2 Å². The molecule has 0 N–H and O–H groups in total. The molecule has 21 heavy (non-hydrogen) atoms. The van der Waals surface area contributed by atoms with Crippen LogP contribution in [0.3, 0.4) is 0 Å². The molecule has 1 aliphatic heterocycles. The average Bonchev–Trinajstić information content (AvgIpc) is 2.49. The fraction of sp³-hybridized carbons (Fsp3) is 0.375. The molecule has 1 heterocycles. The van der Waals surface area contributed by atoms with Crippen molar-refractivity contribution in [1.29, 1.82) is 0 Å². The number of hydrogen-bond donors (Lipinski definition) is 0. The number of amides is 2. The highest BCUT2D eigenvalue weighted by Crippen LogP contribution is 2.14. The van der Waals surface area contributed by atoms with E-state index in [4.69, 9.17) is 0 Å². The van der Waals surface area contributed by atoms with E-state index in [1.807, 2.05) is 0 Å². The van der Waals surface area contributed by atoms with Crippen LogP contribution in [0.15, 0.2) is 29.8 Å². The third-order valence-corrected chi connectivity index (χ3v) is 3.63. The first-order valence-corrected chi connectivity index (χ1v) is 6.96. The van der Waals surface area contributed by atoms with Gasteiger partial charge in [-0.15, -0.1) is 0 Å². The van der Waals surface area contributed by atoms with Crippen molar-refractivity contribution in [3.8, 4) is 0 Å². The summed E-state index contributed by atoms with van der Waals surface area (Å²) < 4.78 is 13.6. The van der Waals surface area contributed by atoms with E-state index in [9.17, 15) is 14.0 Å². The van der Waals surface area contributed by atoms with Crippen LogP contribution in [0, 0.1) is 5.82 Å². The average molecular weight is 290 g/mol. The maximum atomic E-state index is 13.6. The van der Waals surface area contributed by atoms with E-state index >= 15 is 0 Å². The van der Waals surface area contributed by atoms with Gasteiger partial charge in [-0.05, 0) is 19.1 Å². The summed E-state index contributed by atoms with van der Waals surface area (Å²) in [6, 6.07) is 6.36. The molecular weight excluding hydrogens is 271 g/mol. The molecule has 1 aromatic carbocycles. The van der Waals surface area contributed by atoms with Crippen molar-refractivity contribution in [2.75, 3.05) is 26.2 Å². The number of nitrogens with zero attached hydrogens (tertiary/aromatic N) is 2. The van der Waals surface area contributed by atoms with Gasteiger partial charge in [0.1, 0.15) is 5.82 Å². The maximum Gasteiger partial charge on any atom is 0.249 e. The van der Waals surface area contributed by atoms with Gasteiger partial charge in [-0.25, -0.2) is 4.39 Å². The Morgan fingerprint density at radius 3 is 2.19 bits per heavy atom. The van der Waals surface area contributed by atoms with Gasteiger partial charge in [-0.1, -0.05) is 18.2 Å². The number of hydrogen-bond acceptors (Lipinski definition) is 2. The van der Waals surface area contributed by atoms with Crippen LogP contribution in [0.1, 0.15) is 19.4 Å². The van der Waals surface area contributed by atoms with Gasteiger partial charge < -0.3 is 9.80 Å². The zero-order chi connectivity index (χ0) is 15.4. The minimum Gasteiger partial charge on any atom is -0.339 e. The molecule has 2 amide bonds. The van der Waals surface area contributed by atoms with Crippen molar-refractivity contribution < 1.29 is 14.0 Å². The fourth-order valence-electron chi connectivity index (χ4n) is 2.36. The first-order chi connectivity index (χ1) is 9.99. The second kappa shape index (κ2) is 6.52. The Hall–Kier alpha value is -2.17. The first kappa shape index (κ1) is 15.2. The van der Waals surface area contributed by atoms with Crippen LogP contribution in [-0.2, 0) is 9.59 Å². The van der Waals surface area contributed by atoms with E-state index in [1.165, 1.54) is 13.0 Å². The maximum absolute atomic E-state index is 13.6. The predicted molar refractivity (Wildman–Crippen MR) is 78.9 cm³/mol. The zero-order valence-electron chi connectivity index (χ0n) is 12.3. The molecule has 0 atom stereocenters. The lowest BCUT2D eigenvalue weighted by Crippen LogP contribution is -2.50. The Bertz CT molecular complexity index is 575. The van der Waals surface area contributed by atoms with Gasteiger partial charge in [0.2, 0.25) is 11.8 Å². The van der Waals surface area contributed by atoms with Crippen molar-refractivity contribution in [1.82, 2.24) is 9.80 Å². The van der Waals surface area contributed by atoms with Gasteiger partial charge in [0.05, 0.1) is 0 Å². The molecule has 0 aliphatic carbocycles. The molecule has 0 radical (unpaired) electrons. The van der Waals surface area contributed by atoms with Crippen LogP contribution >= 0.6 is 0 Å². The third kappa shape index (κ3) is 3.68. The summed E-state index contributed by atoms with van der Waals surface area (Å²) >= 11 is 0. The molecule has 4 nitrogen and oxygen atoms in total. The van der Waals surface area contributed by atoms with E-state index in [-0.39, 0.29) is 17.6 Å². The van der Waals surface area contributed by atoms with Crippen LogP contribution in [0.5, 0.6) is 0 Å². The summed E-state index contributed by atoms with van der Waals surface area (Å²) in [5.74, 6) is -0.423. The molecule has 0 aromatic heterocycles.